The zero-order chi connectivity index (χ0) is 18.3. The fraction of sp³-hybridized carbons (Fsp3) is 0.158. The third-order valence-electron chi connectivity index (χ3n) is 4.38. The quantitative estimate of drug-likeness (QED) is 0.525. The van der Waals surface area contributed by atoms with Gasteiger partial charge in [0, 0.05) is 26.3 Å². The number of benzene rings is 2. The lowest BCUT2D eigenvalue weighted by Gasteiger charge is -2.06. The molecule has 2 atom stereocenters. The van der Waals surface area contributed by atoms with Gasteiger partial charge in [0.15, 0.2) is 0 Å². The van der Waals surface area contributed by atoms with Crippen molar-refractivity contribution in [3.63, 3.8) is 0 Å². The van der Waals surface area contributed by atoms with Gasteiger partial charge >= 0.3 is 0 Å². The van der Waals surface area contributed by atoms with E-state index in [1.54, 1.807) is 18.2 Å². The minimum Gasteiger partial charge on any atom is -0.207 e. The van der Waals surface area contributed by atoms with Crippen molar-refractivity contribution in [1.29, 1.82) is 0 Å². The van der Waals surface area contributed by atoms with Gasteiger partial charge in [0.1, 0.15) is 4.21 Å². The fourth-order valence-corrected chi connectivity index (χ4v) is 6.26. The van der Waals surface area contributed by atoms with Gasteiger partial charge in [-0.3, -0.25) is 0 Å². The van der Waals surface area contributed by atoms with Crippen LogP contribution in [-0.4, -0.2) is 14.5 Å². The summed E-state index contributed by atoms with van der Waals surface area (Å²) in [4.78, 5) is 0.903. The van der Waals surface area contributed by atoms with Crippen molar-refractivity contribution in [2.24, 2.45) is 0 Å². The van der Waals surface area contributed by atoms with Gasteiger partial charge in [-0.15, -0.1) is 11.3 Å². The van der Waals surface area contributed by atoms with Gasteiger partial charge in [-0.05, 0) is 47.9 Å². The summed E-state index contributed by atoms with van der Waals surface area (Å²) in [5.74, 6) is 0.219. The Morgan fingerprint density at radius 1 is 1.04 bits per heavy atom. The van der Waals surface area contributed by atoms with Crippen LogP contribution in [0.2, 0.25) is 5.02 Å². The molecule has 3 aromatic rings. The van der Waals surface area contributed by atoms with E-state index in [9.17, 15) is 8.42 Å². The molecule has 4 rings (SSSR count). The zero-order valence-electron chi connectivity index (χ0n) is 13.5. The molecule has 1 heterocycles. The van der Waals surface area contributed by atoms with E-state index in [-0.39, 0.29) is 12.0 Å². The lowest BCUT2D eigenvalue weighted by Crippen LogP contribution is -2.26. The number of nitrogens with one attached hydrogen (secondary N) is 1. The highest BCUT2D eigenvalue weighted by molar-refractivity contribution is 9.10. The van der Waals surface area contributed by atoms with Gasteiger partial charge in [0.05, 0.1) is 0 Å². The van der Waals surface area contributed by atoms with Crippen LogP contribution in [0.25, 0.3) is 10.4 Å². The van der Waals surface area contributed by atoms with E-state index < -0.39 is 10.0 Å². The predicted molar refractivity (Wildman–Crippen MR) is 110 cm³/mol. The monoisotopic (exact) mass is 467 g/mol. The summed E-state index contributed by atoms with van der Waals surface area (Å²) in [6.07, 6.45) is 0.817. The van der Waals surface area contributed by atoms with Crippen LogP contribution < -0.4 is 4.72 Å². The largest absolute Gasteiger partial charge is 0.250 e. The Balaban J connectivity index is 1.50. The summed E-state index contributed by atoms with van der Waals surface area (Å²) in [6, 6.07) is 18.8. The highest BCUT2D eigenvalue weighted by Crippen LogP contribution is 2.44. The normalized spacial score (nSPS) is 19.5. The zero-order valence-corrected chi connectivity index (χ0v) is 17.5. The van der Waals surface area contributed by atoms with Gasteiger partial charge < -0.3 is 0 Å². The maximum atomic E-state index is 12.7. The Morgan fingerprint density at radius 2 is 1.77 bits per heavy atom. The summed E-state index contributed by atoms with van der Waals surface area (Å²) >= 11 is 10.7. The summed E-state index contributed by atoms with van der Waals surface area (Å²) < 4.78 is 29.6. The number of sulfonamides is 1. The molecule has 26 heavy (non-hydrogen) atoms. The molecule has 0 amide bonds. The van der Waals surface area contributed by atoms with E-state index in [0.29, 0.717) is 9.23 Å². The molecule has 0 bridgehead atoms. The lowest BCUT2D eigenvalue weighted by molar-refractivity contribution is 0.582. The molecule has 7 heteroatoms. The van der Waals surface area contributed by atoms with Gasteiger partial charge in [-0.1, -0.05) is 57.9 Å². The van der Waals surface area contributed by atoms with Crippen molar-refractivity contribution in [3.8, 4) is 10.4 Å². The van der Waals surface area contributed by atoms with E-state index in [1.807, 2.05) is 42.5 Å². The smallest absolute Gasteiger partial charge is 0.207 e. The molecule has 1 saturated carbocycles. The van der Waals surface area contributed by atoms with Crippen molar-refractivity contribution in [2.75, 3.05) is 0 Å². The molecule has 2 aromatic carbocycles. The maximum Gasteiger partial charge on any atom is 0.250 e. The van der Waals surface area contributed by atoms with Gasteiger partial charge in [-0.25, -0.2) is 13.1 Å². The first-order chi connectivity index (χ1) is 12.4. The van der Waals surface area contributed by atoms with Crippen LogP contribution in [0.3, 0.4) is 0 Å². The van der Waals surface area contributed by atoms with E-state index >= 15 is 0 Å². The third-order valence-corrected chi connectivity index (χ3v) is 8.47. The summed E-state index contributed by atoms with van der Waals surface area (Å²) in [7, 11) is -3.52. The van der Waals surface area contributed by atoms with Crippen LogP contribution in [0.5, 0.6) is 0 Å². The topological polar surface area (TPSA) is 46.2 Å². The molecule has 1 aliphatic rings. The van der Waals surface area contributed by atoms with Gasteiger partial charge in [-0.2, -0.15) is 0 Å². The predicted octanol–water partition coefficient (Wildman–Crippen LogP) is 5.67. The first-order valence-electron chi connectivity index (χ1n) is 8.06. The van der Waals surface area contributed by atoms with Gasteiger partial charge in [0.2, 0.25) is 10.0 Å². The van der Waals surface area contributed by atoms with E-state index in [4.69, 9.17) is 11.6 Å². The highest BCUT2D eigenvalue weighted by Gasteiger charge is 2.42. The minimum atomic E-state index is -3.52. The van der Waals surface area contributed by atoms with Crippen LogP contribution >= 0.6 is 38.9 Å². The Kier molecular flexibility index (Phi) is 4.96. The molecule has 0 spiro atoms. The Bertz CT molecular complexity index is 1050. The van der Waals surface area contributed by atoms with Crippen molar-refractivity contribution >= 4 is 48.9 Å². The molecule has 1 aromatic heterocycles. The Morgan fingerprint density at radius 3 is 2.50 bits per heavy atom. The molecule has 1 aliphatic carbocycles. The molecule has 134 valence electrons. The standard InChI is InChI=1S/C19H15BrClNO2S2/c20-16-4-2-1-3-14(16)15-11-17(15)22-26(23,24)19-10-9-18(25-19)12-5-7-13(21)8-6-12/h1-10,15,17,22H,11H2/t15-,17+/m0/s1. The fourth-order valence-electron chi connectivity index (χ4n) is 2.94. The van der Waals surface area contributed by atoms with Crippen molar-refractivity contribution in [3.05, 3.63) is 75.7 Å². The first kappa shape index (κ1) is 18.2. The van der Waals surface area contributed by atoms with Crippen LogP contribution in [-0.2, 0) is 10.0 Å². The molecule has 0 saturated heterocycles. The average Bonchev–Trinajstić information content (AvgIpc) is 3.16. The van der Waals surface area contributed by atoms with Crippen molar-refractivity contribution < 1.29 is 8.42 Å². The van der Waals surface area contributed by atoms with E-state index in [0.717, 1.165) is 26.9 Å². The number of thiophene rings is 1. The Labute approximate surface area is 170 Å². The van der Waals surface area contributed by atoms with E-state index in [1.165, 1.54) is 11.3 Å². The molecular formula is C19H15BrClNO2S2. The Hall–Kier alpha value is -1.18. The molecule has 0 radical (unpaired) electrons. The molecule has 1 fully saturated rings. The molecule has 3 nitrogen and oxygen atoms in total. The van der Waals surface area contributed by atoms with Crippen LogP contribution in [0.1, 0.15) is 17.9 Å². The SMILES string of the molecule is O=S(=O)(N[C@@H]1C[C@H]1c1ccccc1Br)c1ccc(-c2ccc(Cl)cc2)s1. The summed E-state index contributed by atoms with van der Waals surface area (Å²) in [6.45, 7) is 0. The van der Waals surface area contributed by atoms with Gasteiger partial charge in [0.25, 0.3) is 0 Å². The van der Waals surface area contributed by atoms with Crippen LogP contribution in [0.4, 0.5) is 0 Å². The van der Waals surface area contributed by atoms with E-state index in [2.05, 4.69) is 20.7 Å². The third kappa shape index (κ3) is 3.75. The van der Waals surface area contributed by atoms with Crippen molar-refractivity contribution in [1.82, 2.24) is 4.72 Å². The van der Waals surface area contributed by atoms with Crippen LogP contribution in [0, 0.1) is 0 Å². The molecular weight excluding hydrogens is 454 g/mol. The lowest BCUT2D eigenvalue weighted by atomic mass is 10.1. The minimum absolute atomic E-state index is 0.0558. The molecule has 0 unspecified atom stereocenters. The second-order valence-electron chi connectivity index (χ2n) is 6.22. The first-order valence-corrected chi connectivity index (χ1v) is 11.5. The number of hydrogen-bond acceptors (Lipinski definition) is 3. The summed E-state index contributed by atoms with van der Waals surface area (Å²) in [5, 5.41) is 0.659. The summed E-state index contributed by atoms with van der Waals surface area (Å²) in [5.41, 5.74) is 2.10. The molecule has 1 N–H and O–H groups in total. The molecule has 0 aliphatic heterocycles. The second-order valence-corrected chi connectivity index (χ2v) is 10.5. The van der Waals surface area contributed by atoms with Crippen LogP contribution in [0.15, 0.2) is 69.3 Å². The van der Waals surface area contributed by atoms with Crippen molar-refractivity contribution in [2.45, 2.75) is 22.6 Å². The number of halogens is 2. The highest BCUT2D eigenvalue weighted by atomic mass is 79.9. The second kappa shape index (κ2) is 7.09. The average molecular weight is 469 g/mol. The maximum absolute atomic E-state index is 12.7. The number of rotatable bonds is 5. The number of hydrogen-bond donors (Lipinski definition) is 1.